The van der Waals surface area contributed by atoms with Crippen molar-refractivity contribution < 1.29 is 23.8 Å². The van der Waals surface area contributed by atoms with Crippen molar-refractivity contribution in [2.75, 3.05) is 7.11 Å². The molecule has 0 saturated heterocycles. The minimum atomic E-state index is -0.990. The van der Waals surface area contributed by atoms with Crippen molar-refractivity contribution in [3.63, 3.8) is 0 Å². The van der Waals surface area contributed by atoms with Crippen LogP contribution in [0.25, 0.3) is 0 Å². The Balaban J connectivity index is 2.17. The highest BCUT2D eigenvalue weighted by molar-refractivity contribution is 6.31. The van der Waals surface area contributed by atoms with Gasteiger partial charge >= 0.3 is 5.97 Å². The summed E-state index contributed by atoms with van der Waals surface area (Å²) in [6, 6.07) is 8.59. The second-order valence-electron chi connectivity index (χ2n) is 5.10. The zero-order chi connectivity index (χ0) is 17.7. The quantitative estimate of drug-likeness (QED) is 0.795. The van der Waals surface area contributed by atoms with E-state index in [1.54, 1.807) is 24.3 Å². The Kier molecular flexibility index (Phi) is 6.00. The predicted octanol–water partition coefficient (Wildman–Crippen LogP) is 3.54. The molecule has 0 spiro atoms. The Morgan fingerprint density at radius 1 is 1.33 bits per heavy atom. The van der Waals surface area contributed by atoms with E-state index in [-0.39, 0.29) is 23.6 Å². The maximum Gasteiger partial charge on any atom is 0.305 e. The maximum absolute atomic E-state index is 13.8. The Morgan fingerprint density at radius 3 is 2.71 bits per heavy atom. The molecule has 3 N–H and O–H groups in total. The van der Waals surface area contributed by atoms with Gasteiger partial charge < -0.3 is 20.3 Å². The predicted molar refractivity (Wildman–Crippen MR) is 87.9 cm³/mol. The zero-order valence-corrected chi connectivity index (χ0v) is 13.7. The lowest BCUT2D eigenvalue weighted by Crippen LogP contribution is -2.15. The monoisotopic (exact) mass is 353 g/mol. The minimum absolute atomic E-state index is 0.0671. The summed E-state index contributed by atoms with van der Waals surface area (Å²) in [7, 11) is 1.45. The molecule has 2 aromatic carbocycles. The van der Waals surface area contributed by atoms with Crippen molar-refractivity contribution in [1.82, 2.24) is 0 Å². The molecule has 0 aliphatic carbocycles. The molecule has 0 bridgehead atoms. The topological polar surface area (TPSA) is 81.8 Å². The first-order valence-corrected chi connectivity index (χ1v) is 7.51. The van der Waals surface area contributed by atoms with Crippen LogP contribution in [-0.2, 0) is 11.4 Å². The van der Waals surface area contributed by atoms with Gasteiger partial charge in [-0.1, -0.05) is 23.7 Å². The van der Waals surface area contributed by atoms with E-state index in [4.69, 9.17) is 31.9 Å². The summed E-state index contributed by atoms with van der Waals surface area (Å²) in [6.45, 7) is -0.0671. The van der Waals surface area contributed by atoms with Crippen molar-refractivity contribution in [3.8, 4) is 11.5 Å². The molecule has 7 heteroatoms. The summed E-state index contributed by atoms with van der Waals surface area (Å²) in [6.07, 6.45) is -0.200. The molecule has 0 radical (unpaired) electrons. The zero-order valence-electron chi connectivity index (χ0n) is 13.0. The Hall–Kier alpha value is -2.31. The average molecular weight is 354 g/mol. The van der Waals surface area contributed by atoms with Crippen molar-refractivity contribution in [3.05, 3.63) is 58.4 Å². The van der Waals surface area contributed by atoms with Crippen LogP contribution in [0.3, 0.4) is 0 Å². The number of hydrogen-bond donors (Lipinski definition) is 2. The molecule has 0 aliphatic heterocycles. The van der Waals surface area contributed by atoms with Crippen LogP contribution in [0.15, 0.2) is 36.4 Å². The second kappa shape index (κ2) is 7.99. The third-order valence-electron chi connectivity index (χ3n) is 3.44. The van der Waals surface area contributed by atoms with Gasteiger partial charge in [-0.25, -0.2) is 4.39 Å². The molecular formula is C17H17ClFNO4. The van der Waals surface area contributed by atoms with Gasteiger partial charge in [0.1, 0.15) is 12.4 Å². The molecule has 2 rings (SSSR count). The van der Waals surface area contributed by atoms with E-state index in [1.165, 1.54) is 19.2 Å². The van der Waals surface area contributed by atoms with Crippen molar-refractivity contribution in [2.45, 2.75) is 19.1 Å². The van der Waals surface area contributed by atoms with E-state index in [2.05, 4.69) is 0 Å². The number of carbonyl (C=O) groups is 1. The van der Waals surface area contributed by atoms with E-state index in [1.807, 2.05) is 0 Å². The van der Waals surface area contributed by atoms with Crippen LogP contribution in [0.2, 0.25) is 5.02 Å². The highest BCUT2D eigenvalue weighted by Gasteiger charge is 2.15. The minimum Gasteiger partial charge on any atom is -0.493 e. The second-order valence-corrected chi connectivity index (χ2v) is 5.51. The normalized spacial score (nSPS) is 11.8. The van der Waals surface area contributed by atoms with E-state index in [9.17, 15) is 9.18 Å². The summed E-state index contributed by atoms with van der Waals surface area (Å²) in [5.41, 5.74) is 6.68. The van der Waals surface area contributed by atoms with Crippen LogP contribution in [-0.4, -0.2) is 18.2 Å². The van der Waals surface area contributed by atoms with Gasteiger partial charge in [-0.15, -0.1) is 0 Å². The smallest absolute Gasteiger partial charge is 0.305 e. The number of ether oxygens (including phenoxy) is 2. The fraction of sp³-hybridized carbons (Fsp3) is 0.235. The maximum atomic E-state index is 13.8. The fourth-order valence-corrected chi connectivity index (χ4v) is 2.38. The van der Waals surface area contributed by atoms with Gasteiger partial charge in [0, 0.05) is 11.6 Å². The van der Waals surface area contributed by atoms with E-state index >= 15 is 0 Å². The first kappa shape index (κ1) is 18.0. The van der Waals surface area contributed by atoms with Gasteiger partial charge in [0.05, 0.1) is 18.6 Å². The Labute approximate surface area is 143 Å². The lowest BCUT2D eigenvalue weighted by Gasteiger charge is -2.15. The van der Waals surface area contributed by atoms with Gasteiger partial charge in [-0.3, -0.25) is 4.79 Å². The number of methoxy groups -OCH3 is 1. The van der Waals surface area contributed by atoms with Crippen LogP contribution in [0.4, 0.5) is 4.39 Å². The molecule has 2 aromatic rings. The number of nitrogens with two attached hydrogens (primary N) is 1. The third kappa shape index (κ3) is 4.37. The standard InChI is InChI=1S/C17H17ClFNO4/c1-23-16-7-10(14(20)8-17(21)22)5-6-15(16)24-9-11-12(18)3-2-4-13(11)19/h2-7,14H,8-9,20H2,1H3,(H,21,22). The van der Waals surface area contributed by atoms with Crippen LogP contribution in [0, 0.1) is 5.82 Å². The molecule has 0 aliphatic rings. The first-order chi connectivity index (χ1) is 11.4. The number of rotatable bonds is 7. The summed E-state index contributed by atoms with van der Waals surface area (Å²) >= 11 is 5.96. The van der Waals surface area contributed by atoms with E-state index in [0.717, 1.165) is 0 Å². The third-order valence-corrected chi connectivity index (χ3v) is 3.80. The van der Waals surface area contributed by atoms with Crippen LogP contribution >= 0.6 is 11.6 Å². The summed E-state index contributed by atoms with van der Waals surface area (Å²) < 4.78 is 24.6. The van der Waals surface area contributed by atoms with Gasteiger partial charge in [-0.05, 0) is 29.8 Å². The highest BCUT2D eigenvalue weighted by Crippen LogP contribution is 2.32. The largest absolute Gasteiger partial charge is 0.493 e. The summed E-state index contributed by atoms with van der Waals surface area (Å²) in [5.74, 6) is -0.693. The van der Waals surface area contributed by atoms with Gasteiger partial charge in [-0.2, -0.15) is 0 Å². The molecule has 0 saturated carbocycles. The van der Waals surface area contributed by atoms with Gasteiger partial charge in [0.15, 0.2) is 11.5 Å². The Morgan fingerprint density at radius 2 is 2.08 bits per heavy atom. The number of benzene rings is 2. The molecule has 128 valence electrons. The Bertz CT molecular complexity index is 718. The average Bonchev–Trinajstić information content (AvgIpc) is 2.53. The molecular weight excluding hydrogens is 337 g/mol. The van der Waals surface area contributed by atoms with Crippen molar-refractivity contribution in [2.24, 2.45) is 5.73 Å². The van der Waals surface area contributed by atoms with Crippen LogP contribution in [0.5, 0.6) is 11.5 Å². The lowest BCUT2D eigenvalue weighted by molar-refractivity contribution is -0.137. The summed E-state index contributed by atoms with van der Waals surface area (Å²) in [4.78, 5) is 10.7. The molecule has 5 nitrogen and oxygen atoms in total. The number of carboxylic acid groups (broad SMARTS) is 1. The number of carboxylic acids is 1. The molecule has 1 atom stereocenters. The summed E-state index contributed by atoms with van der Waals surface area (Å²) in [5, 5.41) is 9.08. The molecule has 0 aromatic heterocycles. The SMILES string of the molecule is COc1cc(C(N)CC(=O)O)ccc1OCc1c(F)cccc1Cl. The highest BCUT2D eigenvalue weighted by atomic mass is 35.5. The lowest BCUT2D eigenvalue weighted by atomic mass is 10.0. The van der Waals surface area contributed by atoms with Crippen LogP contribution in [0.1, 0.15) is 23.6 Å². The fourth-order valence-electron chi connectivity index (χ4n) is 2.16. The van der Waals surface area contributed by atoms with Crippen LogP contribution < -0.4 is 15.2 Å². The molecule has 0 amide bonds. The van der Waals surface area contributed by atoms with Gasteiger partial charge in [0.25, 0.3) is 0 Å². The van der Waals surface area contributed by atoms with Gasteiger partial charge in [0.2, 0.25) is 0 Å². The van der Waals surface area contributed by atoms with Crippen molar-refractivity contribution in [1.29, 1.82) is 0 Å². The van der Waals surface area contributed by atoms with E-state index < -0.39 is 17.8 Å². The molecule has 1 unspecified atom stereocenters. The number of halogens is 2. The molecule has 24 heavy (non-hydrogen) atoms. The van der Waals surface area contributed by atoms with E-state index in [0.29, 0.717) is 17.1 Å². The molecule has 0 fully saturated rings. The molecule has 0 heterocycles. The number of hydrogen-bond acceptors (Lipinski definition) is 4. The van der Waals surface area contributed by atoms with Crippen molar-refractivity contribution >= 4 is 17.6 Å². The first-order valence-electron chi connectivity index (χ1n) is 7.13. The number of aliphatic carboxylic acids is 1.